The number of carbonyl (C=O) groups excluding carboxylic acids is 2. The second-order valence-corrected chi connectivity index (χ2v) is 8.95. The van der Waals surface area contributed by atoms with Crippen LogP contribution >= 0.6 is 0 Å². The lowest BCUT2D eigenvalue weighted by Gasteiger charge is -2.21. The molecule has 2 atom stereocenters. The molecule has 0 spiro atoms. The highest BCUT2D eigenvalue weighted by atomic mass is 16.6. The molecule has 3 aromatic carbocycles. The first-order valence-electron chi connectivity index (χ1n) is 13.2. The van der Waals surface area contributed by atoms with Crippen LogP contribution in [0.3, 0.4) is 0 Å². The Morgan fingerprint density at radius 2 is 1.10 bits per heavy atom. The van der Waals surface area contributed by atoms with E-state index >= 15 is 0 Å². The zero-order valence-electron chi connectivity index (χ0n) is 22.0. The van der Waals surface area contributed by atoms with Crippen molar-refractivity contribution in [3.8, 4) is 17.2 Å². The SMILES string of the molecule is O=C(NCCCCC(CCCNC(=O)Oc1ccccc1)CNC(O)Oc1ccccc1)Oc1ccccc1. The van der Waals surface area contributed by atoms with Gasteiger partial charge in [0.25, 0.3) is 6.41 Å². The van der Waals surface area contributed by atoms with Crippen LogP contribution in [0.25, 0.3) is 0 Å². The van der Waals surface area contributed by atoms with Crippen molar-refractivity contribution in [3.05, 3.63) is 91.0 Å². The fourth-order valence-electron chi connectivity index (χ4n) is 3.88. The van der Waals surface area contributed by atoms with Crippen LogP contribution < -0.4 is 30.2 Å². The van der Waals surface area contributed by atoms with Gasteiger partial charge in [-0.2, -0.15) is 0 Å². The number of carbonyl (C=O) groups is 2. The summed E-state index contributed by atoms with van der Waals surface area (Å²) >= 11 is 0. The van der Waals surface area contributed by atoms with Gasteiger partial charge in [-0.1, -0.05) is 61.0 Å². The average molecular weight is 536 g/mol. The summed E-state index contributed by atoms with van der Waals surface area (Å²) in [5.41, 5.74) is 0. The lowest BCUT2D eigenvalue weighted by molar-refractivity contribution is -0.0465. The minimum Gasteiger partial charge on any atom is -0.451 e. The maximum absolute atomic E-state index is 12.0. The second-order valence-electron chi connectivity index (χ2n) is 8.95. The predicted octanol–water partition coefficient (Wildman–Crippen LogP) is 5.07. The molecule has 0 aromatic heterocycles. The molecule has 2 unspecified atom stereocenters. The summed E-state index contributed by atoms with van der Waals surface area (Å²) in [5.74, 6) is 1.79. The highest BCUT2D eigenvalue weighted by Gasteiger charge is 2.13. The van der Waals surface area contributed by atoms with E-state index in [-0.39, 0.29) is 5.92 Å². The van der Waals surface area contributed by atoms with E-state index in [9.17, 15) is 14.7 Å². The first kappa shape index (κ1) is 29.5. The van der Waals surface area contributed by atoms with Gasteiger partial charge >= 0.3 is 12.2 Å². The number of para-hydroxylation sites is 3. The standard InChI is InChI=1S/C30H37N3O6/c34-28(37-25-15-4-1-5-16-25)31-21-11-10-13-24(23-33-30(36)39-27-19-8-3-9-20-27)14-12-22-32-29(35)38-26-17-6-2-7-18-26/h1-9,15-20,24,30,33,36H,10-14,21-23H2,(H,31,34)(H,32,35). The minimum absolute atomic E-state index is 0.224. The summed E-state index contributed by atoms with van der Waals surface area (Å²) in [4.78, 5) is 24.0. The minimum atomic E-state index is -1.14. The molecule has 9 heteroatoms. The molecule has 3 rings (SSSR count). The summed E-state index contributed by atoms with van der Waals surface area (Å²) < 4.78 is 16.0. The van der Waals surface area contributed by atoms with Gasteiger partial charge in [-0.25, -0.2) is 9.59 Å². The number of amides is 2. The van der Waals surface area contributed by atoms with Gasteiger partial charge in [0.15, 0.2) is 0 Å². The number of nitrogens with one attached hydrogen (secondary N) is 3. The molecule has 208 valence electrons. The van der Waals surface area contributed by atoms with Crippen LogP contribution in [0.5, 0.6) is 17.2 Å². The quantitative estimate of drug-likeness (QED) is 0.149. The van der Waals surface area contributed by atoms with Crippen molar-refractivity contribution < 1.29 is 28.9 Å². The second kappa shape index (κ2) is 17.4. The monoisotopic (exact) mass is 535 g/mol. The molecule has 0 saturated carbocycles. The topological polar surface area (TPSA) is 118 Å². The van der Waals surface area contributed by atoms with Gasteiger partial charge in [-0.05, 0) is 68.0 Å². The van der Waals surface area contributed by atoms with E-state index in [0.717, 1.165) is 32.1 Å². The summed E-state index contributed by atoms with van der Waals surface area (Å²) in [7, 11) is 0. The van der Waals surface area contributed by atoms with Gasteiger partial charge in [0.05, 0.1) is 0 Å². The molecule has 0 bridgehead atoms. The Balaban J connectivity index is 1.37. The third-order valence-electron chi connectivity index (χ3n) is 5.85. The number of hydrogen-bond donors (Lipinski definition) is 4. The van der Waals surface area contributed by atoms with Crippen molar-refractivity contribution in [2.45, 2.75) is 38.5 Å². The molecule has 9 nitrogen and oxygen atoms in total. The number of aliphatic hydroxyl groups is 1. The van der Waals surface area contributed by atoms with E-state index in [1.807, 2.05) is 30.3 Å². The Labute approximate surface area is 229 Å². The van der Waals surface area contributed by atoms with Crippen LogP contribution in [0.1, 0.15) is 32.1 Å². The van der Waals surface area contributed by atoms with E-state index in [0.29, 0.717) is 36.9 Å². The van der Waals surface area contributed by atoms with E-state index in [2.05, 4.69) is 16.0 Å². The molecule has 0 aliphatic carbocycles. The van der Waals surface area contributed by atoms with Crippen LogP contribution in [0.2, 0.25) is 0 Å². The molecule has 3 aromatic rings. The van der Waals surface area contributed by atoms with Crippen LogP contribution in [0.15, 0.2) is 91.0 Å². The lowest BCUT2D eigenvalue weighted by atomic mass is 9.96. The van der Waals surface area contributed by atoms with Crippen LogP contribution in [0, 0.1) is 5.92 Å². The smallest absolute Gasteiger partial charge is 0.412 e. The molecule has 0 fully saturated rings. The number of ether oxygens (including phenoxy) is 3. The number of rotatable bonds is 16. The Kier molecular flexibility index (Phi) is 13.2. The van der Waals surface area contributed by atoms with Crippen LogP contribution in [-0.4, -0.2) is 43.3 Å². The van der Waals surface area contributed by atoms with E-state index in [1.54, 1.807) is 60.7 Å². The van der Waals surface area contributed by atoms with Crippen molar-refractivity contribution in [3.63, 3.8) is 0 Å². The molecular weight excluding hydrogens is 498 g/mol. The Bertz CT molecular complexity index is 1090. The molecule has 4 N–H and O–H groups in total. The zero-order chi connectivity index (χ0) is 27.5. The van der Waals surface area contributed by atoms with Gasteiger partial charge in [-0.3, -0.25) is 5.32 Å². The van der Waals surface area contributed by atoms with Gasteiger partial charge in [0, 0.05) is 19.6 Å². The number of hydrogen-bond acceptors (Lipinski definition) is 7. The predicted molar refractivity (Wildman–Crippen MR) is 149 cm³/mol. The van der Waals surface area contributed by atoms with Crippen LogP contribution in [-0.2, 0) is 0 Å². The molecule has 0 heterocycles. The molecular formula is C30H37N3O6. The molecule has 0 aliphatic rings. The van der Waals surface area contributed by atoms with Crippen molar-refractivity contribution in [1.29, 1.82) is 0 Å². The fourth-order valence-corrected chi connectivity index (χ4v) is 3.88. The molecule has 0 saturated heterocycles. The Morgan fingerprint density at radius 3 is 1.64 bits per heavy atom. The Morgan fingerprint density at radius 1 is 0.641 bits per heavy atom. The average Bonchev–Trinajstić information content (AvgIpc) is 2.95. The van der Waals surface area contributed by atoms with Crippen molar-refractivity contribution >= 4 is 12.2 Å². The molecule has 0 aliphatic heterocycles. The van der Waals surface area contributed by atoms with Crippen molar-refractivity contribution in [2.75, 3.05) is 19.6 Å². The maximum Gasteiger partial charge on any atom is 0.412 e. The highest BCUT2D eigenvalue weighted by molar-refractivity contribution is 5.70. The lowest BCUT2D eigenvalue weighted by Crippen LogP contribution is -2.37. The van der Waals surface area contributed by atoms with Crippen LogP contribution in [0.4, 0.5) is 9.59 Å². The summed E-state index contributed by atoms with van der Waals surface area (Å²) in [6, 6.07) is 26.9. The summed E-state index contributed by atoms with van der Waals surface area (Å²) in [6.07, 6.45) is 1.98. The van der Waals surface area contributed by atoms with E-state index in [4.69, 9.17) is 14.2 Å². The summed E-state index contributed by atoms with van der Waals surface area (Å²) in [6.45, 7) is 1.50. The first-order chi connectivity index (χ1) is 19.1. The molecule has 0 radical (unpaired) electrons. The maximum atomic E-state index is 12.0. The van der Waals surface area contributed by atoms with Crippen molar-refractivity contribution in [2.24, 2.45) is 5.92 Å². The highest BCUT2D eigenvalue weighted by Crippen LogP contribution is 2.16. The normalized spacial score (nSPS) is 12.1. The van der Waals surface area contributed by atoms with E-state index < -0.39 is 18.6 Å². The Hall–Kier alpha value is -4.08. The third kappa shape index (κ3) is 12.8. The van der Waals surface area contributed by atoms with Gasteiger partial charge in [-0.15, -0.1) is 0 Å². The summed E-state index contributed by atoms with van der Waals surface area (Å²) in [5, 5.41) is 18.8. The van der Waals surface area contributed by atoms with Gasteiger partial charge in [0.2, 0.25) is 0 Å². The van der Waals surface area contributed by atoms with E-state index in [1.165, 1.54) is 0 Å². The van der Waals surface area contributed by atoms with Gasteiger partial charge in [0.1, 0.15) is 17.2 Å². The molecule has 2 amide bonds. The van der Waals surface area contributed by atoms with Crippen molar-refractivity contribution in [1.82, 2.24) is 16.0 Å². The zero-order valence-corrected chi connectivity index (χ0v) is 22.0. The van der Waals surface area contributed by atoms with Gasteiger partial charge < -0.3 is 30.0 Å². The fraction of sp³-hybridized carbons (Fsp3) is 0.333. The number of unbranched alkanes of at least 4 members (excludes halogenated alkanes) is 1. The largest absolute Gasteiger partial charge is 0.451 e. The molecule has 39 heavy (non-hydrogen) atoms. The number of aliphatic hydroxyl groups excluding tert-OH is 1. The third-order valence-corrected chi connectivity index (χ3v) is 5.85. The first-order valence-corrected chi connectivity index (χ1v) is 13.2. The number of benzene rings is 3.